The number of hydrogen-bond donors (Lipinski definition) is 0. The second kappa shape index (κ2) is 9.01. The van der Waals surface area contributed by atoms with E-state index >= 15 is 0 Å². The molecule has 0 aliphatic heterocycles. The number of halogens is 6. The van der Waals surface area contributed by atoms with Gasteiger partial charge in [0.05, 0.1) is 24.4 Å². The van der Waals surface area contributed by atoms with Crippen LogP contribution in [0.5, 0.6) is 5.75 Å². The smallest absolute Gasteiger partial charge is 0.435 e. The van der Waals surface area contributed by atoms with E-state index in [1.165, 1.54) is 56.6 Å². The molecule has 0 bridgehead atoms. The van der Waals surface area contributed by atoms with Crippen LogP contribution in [0.2, 0.25) is 15.2 Å². The number of hydrogen-bond acceptors (Lipinski definition) is 4. The van der Waals surface area contributed by atoms with Gasteiger partial charge in [0.25, 0.3) is 10.0 Å². The van der Waals surface area contributed by atoms with Crippen LogP contribution in [0.15, 0.2) is 47.4 Å². The van der Waals surface area contributed by atoms with Crippen molar-refractivity contribution in [1.29, 1.82) is 0 Å². The lowest BCUT2D eigenvalue weighted by atomic mass is 10.2. The zero-order valence-corrected chi connectivity index (χ0v) is 19.6. The van der Waals surface area contributed by atoms with Gasteiger partial charge in [0, 0.05) is 17.6 Å². The third-order valence-electron chi connectivity index (χ3n) is 4.46. The van der Waals surface area contributed by atoms with Gasteiger partial charge in [0.15, 0.2) is 5.69 Å². The largest absolute Gasteiger partial charge is 0.497 e. The van der Waals surface area contributed by atoms with Gasteiger partial charge in [-0.3, -0.25) is 8.99 Å². The summed E-state index contributed by atoms with van der Waals surface area (Å²) < 4.78 is 74.4. The number of anilines is 1. The quantitative estimate of drug-likeness (QED) is 0.405. The van der Waals surface area contributed by atoms with Crippen LogP contribution < -0.4 is 9.04 Å². The molecular formula is C19H15Cl3F3N3O3S. The van der Waals surface area contributed by atoms with Crippen molar-refractivity contribution in [3.8, 4) is 5.75 Å². The highest BCUT2D eigenvalue weighted by Gasteiger charge is 2.40. The fourth-order valence-corrected chi connectivity index (χ4v) is 5.29. The Hall–Kier alpha value is -2.14. The molecule has 6 nitrogen and oxygen atoms in total. The van der Waals surface area contributed by atoms with Crippen molar-refractivity contribution in [1.82, 2.24) is 9.78 Å². The molecule has 172 valence electrons. The van der Waals surface area contributed by atoms with Gasteiger partial charge in [-0.1, -0.05) is 34.8 Å². The Morgan fingerprint density at radius 2 is 1.72 bits per heavy atom. The number of alkyl halides is 3. The minimum atomic E-state index is -4.85. The van der Waals surface area contributed by atoms with Gasteiger partial charge in [0.2, 0.25) is 0 Å². The summed E-state index contributed by atoms with van der Waals surface area (Å²) >= 11 is 18.0. The minimum Gasteiger partial charge on any atom is -0.497 e. The lowest BCUT2D eigenvalue weighted by Gasteiger charge is -2.25. The van der Waals surface area contributed by atoms with Crippen molar-refractivity contribution < 1.29 is 26.3 Å². The van der Waals surface area contributed by atoms with E-state index in [2.05, 4.69) is 5.10 Å². The van der Waals surface area contributed by atoms with Gasteiger partial charge < -0.3 is 4.74 Å². The zero-order valence-electron chi connectivity index (χ0n) is 16.5. The van der Waals surface area contributed by atoms with E-state index in [9.17, 15) is 21.6 Å². The summed E-state index contributed by atoms with van der Waals surface area (Å²) in [5.41, 5.74) is -1.74. The van der Waals surface area contributed by atoms with Crippen molar-refractivity contribution in [3.63, 3.8) is 0 Å². The molecule has 0 radical (unpaired) electrons. The number of ether oxygens (including phenoxy) is 1. The first-order valence-electron chi connectivity index (χ1n) is 8.76. The SMILES string of the molecule is COc1ccc(N(Cc2c(C(F)(F)F)nn(C)c2Cl)S(=O)(=O)c2ccc(Cl)cc2Cl)cc1. The lowest BCUT2D eigenvalue weighted by molar-refractivity contribution is -0.142. The molecule has 0 atom stereocenters. The van der Waals surface area contributed by atoms with E-state index in [-0.39, 0.29) is 25.8 Å². The second-order valence-electron chi connectivity index (χ2n) is 6.52. The summed E-state index contributed by atoms with van der Waals surface area (Å²) in [6.45, 7) is -0.755. The maximum atomic E-state index is 13.6. The minimum absolute atomic E-state index is 0.0601. The highest BCUT2D eigenvalue weighted by Crippen LogP contribution is 2.38. The molecular weight excluding hydrogens is 514 g/mol. The van der Waals surface area contributed by atoms with Crippen LogP contribution in [0.4, 0.5) is 18.9 Å². The van der Waals surface area contributed by atoms with Crippen LogP contribution in [0.25, 0.3) is 0 Å². The summed E-state index contributed by atoms with van der Waals surface area (Å²) in [6.07, 6.45) is -4.85. The fraction of sp³-hybridized carbons (Fsp3) is 0.211. The fourth-order valence-electron chi connectivity index (χ4n) is 2.93. The van der Waals surface area contributed by atoms with Crippen LogP contribution in [-0.2, 0) is 29.8 Å². The van der Waals surface area contributed by atoms with Gasteiger partial charge in [-0.2, -0.15) is 18.3 Å². The van der Waals surface area contributed by atoms with Crippen molar-refractivity contribution >= 4 is 50.5 Å². The number of aryl methyl sites for hydroxylation is 1. The van der Waals surface area contributed by atoms with Crippen molar-refractivity contribution in [3.05, 3.63) is 68.9 Å². The Labute approximate surface area is 197 Å². The predicted octanol–water partition coefficient (Wildman–Crippen LogP) is 5.80. The van der Waals surface area contributed by atoms with Crippen molar-refractivity contribution in [2.45, 2.75) is 17.6 Å². The first-order valence-corrected chi connectivity index (χ1v) is 11.3. The van der Waals surface area contributed by atoms with Gasteiger partial charge in [0.1, 0.15) is 15.8 Å². The molecule has 0 fully saturated rings. The van der Waals surface area contributed by atoms with E-state index in [0.717, 1.165) is 8.99 Å². The van der Waals surface area contributed by atoms with E-state index < -0.39 is 34.0 Å². The molecule has 0 N–H and O–H groups in total. The molecule has 0 saturated heterocycles. The molecule has 3 rings (SSSR count). The maximum absolute atomic E-state index is 13.6. The number of rotatable bonds is 6. The molecule has 0 unspecified atom stereocenters. The monoisotopic (exact) mass is 527 g/mol. The molecule has 0 aliphatic rings. The van der Waals surface area contributed by atoms with Crippen LogP contribution >= 0.6 is 34.8 Å². The normalized spacial score (nSPS) is 12.1. The summed E-state index contributed by atoms with van der Waals surface area (Å²) in [5, 5.41) is 3.06. The van der Waals surface area contributed by atoms with E-state index in [4.69, 9.17) is 39.5 Å². The Kier molecular flexibility index (Phi) is 6.90. The van der Waals surface area contributed by atoms with Crippen LogP contribution in [0.1, 0.15) is 11.3 Å². The molecule has 0 spiro atoms. The molecule has 2 aromatic carbocycles. The Morgan fingerprint density at radius 3 is 2.25 bits per heavy atom. The first-order chi connectivity index (χ1) is 14.9. The summed E-state index contributed by atoms with van der Waals surface area (Å²) in [6, 6.07) is 9.42. The summed E-state index contributed by atoms with van der Waals surface area (Å²) in [5.74, 6) is 0.422. The van der Waals surface area contributed by atoms with Crippen LogP contribution in [0.3, 0.4) is 0 Å². The summed E-state index contributed by atoms with van der Waals surface area (Å²) in [4.78, 5) is -0.340. The van der Waals surface area contributed by atoms with Crippen molar-refractivity contribution in [2.24, 2.45) is 7.05 Å². The van der Waals surface area contributed by atoms with Crippen LogP contribution in [-0.4, -0.2) is 25.3 Å². The van der Waals surface area contributed by atoms with E-state index in [1.807, 2.05) is 0 Å². The van der Waals surface area contributed by atoms with E-state index in [1.54, 1.807) is 0 Å². The molecule has 0 saturated carbocycles. The number of sulfonamides is 1. The molecule has 3 aromatic rings. The Bertz CT molecular complexity index is 1250. The number of benzene rings is 2. The molecule has 0 aliphatic carbocycles. The zero-order chi connectivity index (χ0) is 23.8. The second-order valence-corrected chi connectivity index (χ2v) is 9.56. The number of nitrogens with zero attached hydrogens (tertiary/aromatic N) is 3. The maximum Gasteiger partial charge on any atom is 0.435 e. The number of aromatic nitrogens is 2. The van der Waals surface area contributed by atoms with Crippen LogP contribution in [0, 0.1) is 0 Å². The van der Waals surface area contributed by atoms with Gasteiger partial charge in [-0.15, -0.1) is 0 Å². The molecule has 0 amide bonds. The third-order valence-corrected chi connectivity index (χ3v) is 7.43. The molecule has 32 heavy (non-hydrogen) atoms. The average molecular weight is 529 g/mol. The molecule has 13 heteroatoms. The topological polar surface area (TPSA) is 64.4 Å². The Morgan fingerprint density at radius 1 is 1.09 bits per heavy atom. The third kappa shape index (κ3) is 4.78. The van der Waals surface area contributed by atoms with Gasteiger partial charge >= 0.3 is 6.18 Å². The standard InChI is InChI=1S/C19H15Cl3F3N3O3S/c1-27-18(22)14(17(26-27)19(23,24)25)10-28(12-4-6-13(31-2)7-5-12)32(29,30)16-8-3-11(20)9-15(16)21/h3-9H,10H2,1-2H3. The first kappa shape index (κ1) is 24.5. The molecule has 1 aromatic heterocycles. The number of methoxy groups -OCH3 is 1. The highest BCUT2D eigenvalue weighted by molar-refractivity contribution is 7.93. The Balaban J connectivity index is 2.21. The highest BCUT2D eigenvalue weighted by atomic mass is 35.5. The van der Waals surface area contributed by atoms with Gasteiger partial charge in [-0.05, 0) is 42.5 Å². The average Bonchev–Trinajstić information content (AvgIpc) is 3.00. The van der Waals surface area contributed by atoms with E-state index in [0.29, 0.717) is 5.75 Å². The summed E-state index contributed by atoms with van der Waals surface area (Å²) in [7, 11) is -1.81. The lowest BCUT2D eigenvalue weighted by Crippen LogP contribution is -2.31. The van der Waals surface area contributed by atoms with Gasteiger partial charge in [-0.25, -0.2) is 8.42 Å². The van der Waals surface area contributed by atoms with Crippen molar-refractivity contribution in [2.75, 3.05) is 11.4 Å². The predicted molar refractivity (Wildman–Crippen MR) is 116 cm³/mol. The molecule has 1 heterocycles.